The van der Waals surface area contributed by atoms with Crippen molar-refractivity contribution >= 4 is 24.1 Å². The van der Waals surface area contributed by atoms with Gasteiger partial charge in [0, 0.05) is 12.2 Å². The summed E-state index contributed by atoms with van der Waals surface area (Å²) < 4.78 is 60.0. The number of phenolic OH excluding ortho intramolecular Hbond substituents is 2. The number of aliphatic hydroxyl groups excluding tert-OH is 9. The number of aliphatic hydroxyl groups is 9. The molecule has 356 valence electrons. The van der Waals surface area contributed by atoms with Crippen LogP contribution in [0.3, 0.4) is 0 Å². The van der Waals surface area contributed by atoms with Crippen LogP contribution in [-0.2, 0) is 42.7 Å². The van der Waals surface area contributed by atoms with E-state index in [2.05, 4.69) is 0 Å². The monoisotopic (exact) mass is 916 g/mol. The third-order valence-electron chi connectivity index (χ3n) is 10.4. The maximum absolute atomic E-state index is 13.3. The van der Waals surface area contributed by atoms with Crippen molar-refractivity contribution in [2.24, 2.45) is 0 Å². The molecule has 2 aromatic rings. The highest BCUT2D eigenvalue weighted by Crippen LogP contribution is 2.41. The lowest BCUT2D eigenvalue weighted by Crippen LogP contribution is -2.66. The molecule has 3 fully saturated rings. The van der Waals surface area contributed by atoms with Crippen molar-refractivity contribution in [2.45, 2.75) is 85.5 Å². The summed E-state index contributed by atoms with van der Waals surface area (Å²) in [5.41, 5.74) is 0.597. The van der Waals surface area contributed by atoms with Gasteiger partial charge >= 0.3 is 11.9 Å². The lowest BCUT2D eigenvalue weighted by atomic mass is 9.97. The summed E-state index contributed by atoms with van der Waals surface area (Å²) in [5.74, 6) is -5.47. The summed E-state index contributed by atoms with van der Waals surface area (Å²) in [6, 6.07) is 5.47. The Hall–Kier alpha value is -4.90. The molecular weight excluding hydrogens is 864 g/mol. The lowest BCUT2D eigenvalue weighted by Gasteiger charge is -2.47. The maximum atomic E-state index is 13.3. The molecule has 0 radical (unpaired) electrons. The highest BCUT2D eigenvalue weighted by Gasteiger charge is 2.61. The molecular formula is C40H52O24. The summed E-state index contributed by atoms with van der Waals surface area (Å²) >= 11 is 0. The molecule has 0 aliphatic carbocycles. The first kappa shape index (κ1) is 50.1. The summed E-state index contributed by atoms with van der Waals surface area (Å²) in [4.78, 5) is 26.1. The van der Waals surface area contributed by atoms with Crippen LogP contribution in [0.5, 0.6) is 34.5 Å². The average Bonchev–Trinajstić information content (AvgIpc) is 3.56. The van der Waals surface area contributed by atoms with E-state index in [1.54, 1.807) is 0 Å². The van der Waals surface area contributed by atoms with Crippen LogP contribution in [0.25, 0.3) is 12.2 Å². The van der Waals surface area contributed by atoms with Gasteiger partial charge in [0.05, 0.1) is 41.7 Å². The Morgan fingerprint density at radius 2 is 1.11 bits per heavy atom. The zero-order chi connectivity index (χ0) is 47.0. The first-order valence-electron chi connectivity index (χ1n) is 19.4. The Balaban J connectivity index is 1.43. The van der Waals surface area contributed by atoms with E-state index >= 15 is 0 Å². The Morgan fingerprint density at radius 1 is 0.625 bits per heavy atom. The van der Waals surface area contributed by atoms with Gasteiger partial charge in [0.2, 0.25) is 17.3 Å². The fraction of sp³-hybridized carbons (Fsp3) is 0.550. The number of benzene rings is 2. The second kappa shape index (κ2) is 21.9. The zero-order valence-electron chi connectivity index (χ0n) is 34.7. The van der Waals surface area contributed by atoms with Crippen LogP contribution in [0.1, 0.15) is 11.1 Å². The van der Waals surface area contributed by atoms with E-state index in [1.165, 1.54) is 64.9 Å². The third kappa shape index (κ3) is 10.8. The number of hydrogen-bond acceptors (Lipinski definition) is 24. The maximum Gasteiger partial charge on any atom is 0.331 e. The molecule has 3 heterocycles. The minimum absolute atomic E-state index is 0.00792. The molecule has 14 unspecified atom stereocenters. The van der Waals surface area contributed by atoms with Crippen LogP contribution in [0.4, 0.5) is 0 Å². The van der Waals surface area contributed by atoms with Crippen LogP contribution < -0.4 is 18.9 Å². The minimum Gasteiger partial charge on any atom is -0.502 e. The van der Waals surface area contributed by atoms with Crippen LogP contribution in [0, 0.1) is 0 Å². The number of methoxy groups -OCH3 is 4. The smallest absolute Gasteiger partial charge is 0.331 e. The van der Waals surface area contributed by atoms with Crippen molar-refractivity contribution < 1.29 is 118 Å². The molecule has 2 aromatic carbocycles. The van der Waals surface area contributed by atoms with Crippen molar-refractivity contribution in [3.05, 3.63) is 47.5 Å². The van der Waals surface area contributed by atoms with Gasteiger partial charge in [0.1, 0.15) is 74.3 Å². The first-order chi connectivity index (χ1) is 30.5. The molecule has 14 atom stereocenters. The average molecular weight is 917 g/mol. The fourth-order valence-electron chi connectivity index (χ4n) is 6.95. The van der Waals surface area contributed by atoms with E-state index in [0.717, 1.165) is 12.2 Å². The van der Waals surface area contributed by atoms with Crippen LogP contribution in [-0.4, -0.2) is 208 Å². The topological polar surface area (TPSA) is 358 Å². The molecule has 3 aliphatic heterocycles. The number of hydrogen-bond donors (Lipinski definition) is 11. The molecule has 3 saturated heterocycles. The number of carbonyl (C=O) groups is 2. The van der Waals surface area contributed by atoms with E-state index < -0.39 is 124 Å². The predicted octanol–water partition coefficient (Wildman–Crippen LogP) is -3.60. The van der Waals surface area contributed by atoms with E-state index in [9.17, 15) is 65.8 Å². The number of phenols is 2. The van der Waals surface area contributed by atoms with Crippen molar-refractivity contribution in [1.82, 2.24) is 0 Å². The highest BCUT2D eigenvalue weighted by molar-refractivity contribution is 5.88. The summed E-state index contributed by atoms with van der Waals surface area (Å²) in [5, 5.41) is 116. The van der Waals surface area contributed by atoms with E-state index in [1.807, 2.05) is 0 Å². The largest absolute Gasteiger partial charge is 0.502 e. The second-order valence-electron chi connectivity index (χ2n) is 14.4. The summed E-state index contributed by atoms with van der Waals surface area (Å²) in [6.45, 7) is -3.92. The van der Waals surface area contributed by atoms with Crippen LogP contribution >= 0.6 is 0 Å². The second-order valence-corrected chi connectivity index (χ2v) is 14.4. The first-order valence-corrected chi connectivity index (χ1v) is 19.4. The van der Waals surface area contributed by atoms with Crippen LogP contribution in [0.2, 0.25) is 0 Å². The van der Waals surface area contributed by atoms with Gasteiger partial charge in [-0.15, -0.1) is 0 Å². The molecule has 0 aromatic heterocycles. The lowest BCUT2D eigenvalue weighted by molar-refractivity contribution is -0.408. The van der Waals surface area contributed by atoms with Gasteiger partial charge in [-0.2, -0.15) is 0 Å². The number of aromatic hydroxyl groups is 2. The molecule has 3 aliphatic rings. The van der Waals surface area contributed by atoms with Crippen molar-refractivity contribution in [2.75, 3.05) is 54.9 Å². The minimum atomic E-state index is -2.69. The molecule has 11 N–H and O–H groups in total. The number of ether oxygens (including phenoxy) is 11. The number of carbonyl (C=O) groups excluding carboxylic acids is 2. The molecule has 5 rings (SSSR count). The Kier molecular flexibility index (Phi) is 17.1. The predicted molar refractivity (Wildman–Crippen MR) is 210 cm³/mol. The number of rotatable bonds is 18. The Morgan fingerprint density at radius 3 is 1.59 bits per heavy atom. The highest BCUT2D eigenvalue weighted by atomic mass is 16.8. The van der Waals surface area contributed by atoms with Crippen molar-refractivity contribution in [3.63, 3.8) is 0 Å². The molecule has 24 nitrogen and oxygen atoms in total. The van der Waals surface area contributed by atoms with Gasteiger partial charge in [0.25, 0.3) is 0 Å². The Bertz CT molecular complexity index is 1910. The van der Waals surface area contributed by atoms with Crippen molar-refractivity contribution in [3.8, 4) is 34.5 Å². The molecule has 0 spiro atoms. The quantitative estimate of drug-likeness (QED) is 0.0508. The molecule has 24 heteroatoms. The van der Waals surface area contributed by atoms with Gasteiger partial charge in [0.15, 0.2) is 41.7 Å². The van der Waals surface area contributed by atoms with Gasteiger partial charge in [-0.25, -0.2) is 9.59 Å². The van der Waals surface area contributed by atoms with Gasteiger partial charge < -0.3 is 108 Å². The van der Waals surface area contributed by atoms with Gasteiger partial charge in [-0.3, -0.25) is 0 Å². The normalized spacial score (nSPS) is 33.0. The van der Waals surface area contributed by atoms with E-state index in [-0.39, 0.29) is 40.1 Å². The molecule has 0 bridgehead atoms. The molecule has 0 amide bonds. The van der Waals surface area contributed by atoms with Gasteiger partial charge in [-0.1, -0.05) is 0 Å². The zero-order valence-corrected chi connectivity index (χ0v) is 34.7. The summed E-state index contributed by atoms with van der Waals surface area (Å²) in [6.07, 6.45) is -20.7. The van der Waals surface area contributed by atoms with E-state index in [0.29, 0.717) is 5.56 Å². The number of esters is 2. The van der Waals surface area contributed by atoms with Crippen molar-refractivity contribution in [1.29, 1.82) is 0 Å². The van der Waals surface area contributed by atoms with Gasteiger partial charge in [-0.05, 0) is 47.5 Å². The SMILES string of the molecule is COc1cc(C=CC(=O)OCC2OC(OC3(CO)OC(CO)C(O)C3OC(=O)C=Cc3cc(OC)c(O)c(OC)c3)C(OC3OC(CO)C(O)C(O)C3O)C(O)C2O)cc(OC)c1O. The van der Waals surface area contributed by atoms with E-state index in [4.69, 9.17) is 52.1 Å². The summed E-state index contributed by atoms with van der Waals surface area (Å²) in [7, 11) is 5.16. The van der Waals surface area contributed by atoms with Crippen LogP contribution in [0.15, 0.2) is 36.4 Å². The third-order valence-corrected chi connectivity index (χ3v) is 10.4. The molecule has 64 heavy (non-hydrogen) atoms. The standard InChI is InChI=1S/C40H52O24/c1-54-19-9-17(10-20(55-2)28(19)46)5-7-26(44)58-15-25-31(49)34(52)36(62-38-35(53)33(51)30(48)23(13-41)59-38)39(60-25)64-40(16-43)37(32(50)24(14-42)63-40)61-27(45)8-6-18-11-21(56-3)29(47)22(12-18)57-4/h5-12,23-25,30-39,41-43,46-53H,13-16H2,1-4H3. The fourth-order valence-corrected chi connectivity index (χ4v) is 6.95. The molecule has 0 saturated carbocycles. The Labute approximate surface area is 364 Å².